The molecule has 0 radical (unpaired) electrons. The van der Waals surface area contributed by atoms with Crippen molar-refractivity contribution in [3.63, 3.8) is 0 Å². The summed E-state index contributed by atoms with van der Waals surface area (Å²) in [6, 6.07) is 22.7. The molecule has 1 heterocycles. The average molecular weight is 358 g/mol. The van der Waals surface area contributed by atoms with Gasteiger partial charge in [-0.15, -0.1) is 0 Å². The van der Waals surface area contributed by atoms with E-state index >= 15 is 0 Å². The Hall–Kier alpha value is -3.73. The molecule has 0 N–H and O–H groups in total. The van der Waals surface area contributed by atoms with Crippen LogP contribution in [0, 0.1) is 5.82 Å². The Kier molecular flexibility index (Phi) is 4.49. The zero-order valence-electron chi connectivity index (χ0n) is 14.2. The monoisotopic (exact) mass is 358 g/mol. The molecule has 0 aliphatic rings. The molecule has 132 valence electrons. The molecule has 4 aromatic rings. The quantitative estimate of drug-likeness (QED) is 0.456. The fourth-order valence-electron chi connectivity index (χ4n) is 2.73. The molecule has 0 saturated heterocycles. The molecule has 0 saturated carbocycles. The van der Waals surface area contributed by atoms with Crippen LogP contribution in [-0.2, 0) is 0 Å². The molecule has 1 aromatic heterocycles. The summed E-state index contributed by atoms with van der Waals surface area (Å²) in [6.45, 7) is 0. The first-order valence-electron chi connectivity index (χ1n) is 8.37. The molecule has 0 bridgehead atoms. The van der Waals surface area contributed by atoms with E-state index in [9.17, 15) is 9.18 Å². The van der Waals surface area contributed by atoms with Gasteiger partial charge < -0.3 is 4.74 Å². The second kappa shape index (κ2) is 7.25. The number of hydrogen-bond acceptors (Lipinski definition) is 3. The van der Waals surface area contributed by atoms with Crippen molar-refractivity contribution in [3.8, 4) is 28.4 Å². The Labute approximate surface area is 155 Å². The van der Waals surface area contributed by atoms with Crippen LogP contribution in [0.5, 0.6) is 11.5 Å². The third kappa shape index (κ3) is 3.62. The first-order valence-corrected chi connectivity index (χ1v) is 8.37. The molecule has 5 heteroatoms. The van der Waals surface area contributed by atoms with E-state index in [0.29, 0.717) is 22.8 Å². The molecular weight excluding hydrogens is 343 g/mol. The van der Waals surface area contributed by atoms with Crippen molar-refractivity contribution in [2.24, 2.45) is 0 Å². The van der Waals surface area contributed by atoms with Gasteiger partial charge in [0.15, 0.2) is 6.29 Å². The lowest BCUT2D eigenvalue weighted by molar-refractivity contribution is 0.112. The fraction of sp³-hybridized carbons (Fsp3) is 0. The predicted molar refractivity (Wildman–Crippen MR) is 101 cm³/mol. The standard InChI is InChI=1S/C22H15FN2O2/c23-18-8-12-21(13-9-18)27-20-10-6-16(7-11-20)22-17(15-26)14-25(24-22)19-4-2-1-3-5-19/h1-15H. The minimum Gasteiger partial charge on any atom is -0.457 e. The Morgan fingerprint density at radius 2 is 1.48 bits per heavy atom. The van der Waals surface area contributed by atoms with Gasteiger partial charge in [0.05, 0.1) is 11.3 Å². The number of benzene rings is 3. The summed E-state index contributed by atoms with van der Waals surface area (Å²) >= 11 is 0. The number of hydrogen-bond donors (Lipinski definition) is 0. The zero-order valence-corrected chi connectivity index (χ0v) is 14.2. The largest absolute Gasteiger partial charge is 0.457 e. The van der Waals surface area contributed by atoms with Crippen molar-refractivity contribution in [3.05, 3.63) is 96.4 Å². The SMILES string of the molecule is O=Cc1cn(-c2ccccc2)nc1-c1ccc(Oc2ccc(F)cc2)cc1. The maximum Gasteiger partial charge on any atom is 0.153 e. The van der Waals surface area contributed by atoms with Crippen molar-refractivity contribution in [1.82, 2.24) is 9.78 Å². The summed E-state index contributed by atoms with van der Waals surface area (Å²) in [7, 11) is 0. The Morgan fingerprint density at radius 1 is 0.852 bits per heavy atom. The first kappa shape index (κ1) is 16.7. The highest BCUT2D eigenvalue weighted by atomic mass is 19.1. The van der Waals surface area contributed by atoms with E-state index in [1.807, 2.05) is 42.5 Å². The van der Waals surface area contributed by atoms with Gasteiger partial charge in [0.2, 0.25) is 0 Å². The van der Waals surface area contributed by atoms with Gasteiger partial charge in [-0.05, 0) is 60.7 Å². The molecule has 3 aromatic carbocycles. The third-order valence-corrected chi connectivity index (χ3v) is 4.07. The zero-order chi connectivity index (χ0) is 18.6. The molecule has 0 aliphatic carbocycles. The lowest BCUT2D eigenvalue weighted by Gasteiger charge is -2.06. The number of ether oxygens (including phenoxy) is 1. The number of rotatable bonds is 5. The van der Waals surface area contributed by atoms with E-state index in [4.69, 9.17) is 4.74 Å². The van der Waals surface area contributed by atoms with Crippen molar-refractivity contribution < 1.29 is 13.9 Å². The Morgan fingerprint density at radius 3 is 2.11 bits per heavy atom. The molecular formula is C22H15FN2O2. The smallest absolute Gasteiger partial charge is 0.153 e. The van der Waals surface area contributed by atoms with E-state index in [-0.39, 0.29) is 5.82 Å². The van der Waals surface area contributed by atoms with E-state index < -0.39 is 0 Å². The van der Waals surface area contributed by atoms with Crippen molar-refractivity contribution in [1.29, 1.82) is 0 Å². The highest BCUT2D eigenvalue weighted by Gasteiger charge is 2.12. The van der Waals surface area contributed by atoms with E-state index in [0.717, 1.165) is 17.5 Å². The Balaban J connectivity index is 1.61. The second-order valence-electron chi connectivity index (χ2n) is 5.91. The van der Waals surface area contributed by atoms with Crippen LogP contribution in [0.3, 0.4) is 0 Å². The molecule has 0 fully saturated rings. The average Bonchev–Trinajstić information content (AvgIpc) is 3.15. The van der Waals surface area contributed by atoms with Gasteiger partial charge in [0, 0.05) is 11.8 Å². The van der Waals surface area contributed by atoms with Crippen molar-refractivity contribution >= 4 is 6.29 Å². The number of para-hydroxylation sites is 1. The van der Waals surface area contributed by atoms with E-state index in [1.54, 1.807) is 35.1 Å². The highest BCUT2D eigenvalue weighted by molar-refractivity contribution is 5.85. The molecule has 0 unspecified atom stereocenters. The summed E-state index contributed by atoms with van der Waals surface area (Å²) in [5.41, 5.74) is 2.79. The van der Waals surface area contributed by atoms with Crippen molar-refractivity contribution in [2.75, 3.05) is 0 Å². The molecule has 0 aliphatic heterocycles. The predicted octanol–water partition coefficient (Wildman–Crippen LogP) is 5.28. The minimum atomic E-state index is -0.312. The van der Waals surface area contributed by atoms with Crippen LogP contribution < -0.4 is 4.74 Å². The number of halogens is 1. The summed E-state index contributed by atoms with van der Waals surface area (Å²) in [5.74, 6) is 0.847. The summed E-state index contributed by atoms with van der Waals surface area (Å²) in [4.78, 5) is 11.5. The van der Waals surface area contributed by atoms with Gasteiger partial charge >= 0.3 is 0 Å². The van der Waals surface area contributed by atoms with Crippen molar-refractivity contribution in [2.45, 2.75) is 0 Å². The Bertz CT molecular complexity index is 1060. The third-order valence-electron chi connectivity index (χ3n) is 4.07. The second-order valence-corrected chi connectivity index (χ2v) is 5.91. The maximum atomic E-state index is 13.0. The molecule has 0 spiro atoms. The van der Waals surface area contributed by atoms with Gasteiger partial charge in [-0.25, -0.2) is 9.07 Å². The summed E-state index contributed by atoms with van der Waals surface area (Å²) in [5, 5.41) is 4.55. The normalized spacial score (nSPS) is 10.6. The van der Waals surface area contributed by atoms with Gasteiger partial charge in [-0.2, -0.15) is 5.10 Å². The number of aldehydes is 1. The lowest BCUT2D eigenvalue weighted by atomic mass is 10.1. The van der Waals surface area contributed by atoms with Crippen LogP contribution in [0.2, 0.25) is 0 Å². The number of nitrogens with zero attached hydrogens (tertiary/aromatic N) is 2. The maximum absolute atomic E-state index is 13.0. The topological polar surface area (TPSA) is 44.1 Å². The van der Waals surface area contributed by atoms with Crippen LogP contribution in [0.4, 0.5) is 4.39 Å². The van der Waals surface area contributed by atoms with Gasteiger partial charge in [0.25, 0.3) is 0 Å². The molecule has 0 amide bonds. The van der Waals surface area contributed by atoms with Crippen LogP contribution >= 0.6 is 0 Å². The van der Waals surface area contributed by atoms with E-state index in [2.05, 4.69) is 5.10 Å². The lowest BCUT2D eigenvalue weighted by Crippen LogP contribution is -1.94. The summed E-state index contributed by atoms with van der Waals surface area (Å²) < 4.78 is 20.3. The van der Waals surface area contributed by atoms with Crippen LogP contribution in [0.1, 0.15) is 10.4 Å². The minimum absolute atomic E-state index is 0.312. The molecule has 4 rings (SSSR count). The van der Waals surface area contributed by atoms with Gasteiger partial charge in [-0.1, -0.05) is 18.2 Å². The molecule has 0 atom stereocenters. The molecule has 27 heavy (non-hydrogen) atoms. The number of aromatic nitrogens is 2. The van der Waals surface area contributed by atoms with Gasteiger partial charge in [0.1, 0.15) is 23.0 Å². The van der Waals surface area contributed by atoms with Crippen LogP contribution in [0.25, 0.3) is 16.9 Å². The highest BCUT2D eigenvalue weighted by Crippen LogP contribution is 2.27. The molecule has 4 nitrogen and oxygen atoms in total. The van der Waals surface area contributed by atoms with Crippen LogP contribution in [-0.4, -0.2) is 16.1 Å². The number of carbonyl (C=O) groups is 1. The first-order chi connectivity index (χ1) is 13.2. The van der Waals surface area contributed by atoms with Gasteiger partial charge in [-0.3, -0.25) is 4.79 Å². The fourth-order valence-corrected chi connectivity index (χ4v) is 2.73. The number of carbonyl (C=O) groups excluding carboxylic acids is 1. The van der Waals surface area contributed by atoms with Crippen LogP contribution in [0.15, 0.2) is 85.1 Å². The van der Waals surface area contributed by atoms with E-state index in [1.165, 1.54) is 12.1 Å². The summed E-state index contributed by atoms with van der Waals surface area (Å²) in [6.07, 6.45) is 2.51.